The van der Waals surface area contributed by atoms with Crippen molar-refractivity contribution in [3.05, 3.63) is 215 Å². The molecule has 4 N–H and O–H groups in total. The van der Waals surface area contributed by atoms with E-state index >= 15 is 9.59 Å². The molecule has 0 aliphatic carbocycles. The third-order valence-electron chi connectivity index (χ3n) is 15.0. The number of carbonyl (C=O) groups is 2. The van der Waals surface area contributed by atoms with E-state index in [1.165, 1.54) is 0 Å². The number of fused-ring (bicyclic) bond motifs is 2. The average Bonchev–Trinajstić information content (AvgIpc) is 3.45. The standard InChI is InChI=1S/C65H70N2O8/c1-7-39-63(40-8-2,61(68)66-43-64(70,41-47-25-11-17-35-55(47)72-3)59(53-31-15-19-37-57(53)74-5)51-33-21-27-45-23-9-13-29-49(45)51)62(69)67-44-65(71,42-48-26-12-18-36-56(48)73-4)60(54-32-16-20-38-58(54)75-6)52-34-22-28-46-24-10-14-30-50(46)52/h9-38,59-60,70-71H,7-8,39-44H2,1-6H3,(H,66,68)(H,67,69). The van der Waals surface area contributed by atoms with E-state index in [0.717, 1.165) is 54.9 Å². The number of aliphatic hydroxyl groups is 2. The van der Waals surface area contributed by atoms with Gasteiger partial charge in [0.1, 0.15) is 28.4 Å². The molecule has 10 nitrogen and oxygen atoms in total. The Labute approximate surface area is 441 Å². The monoisotopic (exact) mass is 1010 g/mol. The van der Waals surface area contributed by atoms with Crippen LogP contribution in [0.2, 0.25) is 0 Å². The van der Waals surface area contributed by atoms with Crippen LogP contribution in [0.3, 0.4) is 0 Å². The number of para-hydroxylation sites is 4. The summed E-state index contributed by atoms with van der Waals surface area (Å²) in [5.74, 6) is -0.277. The zero-order valence-electron chi connectivity index (χ0n) is 44.0. The van der Waals surface area contributed by atoms with Gasteiger partial charge in [0.2, 0.25) is 11.8 Å². The molecule has 0 aromatic heterocycles. The highest BCUT2D eigenvalue weighted by Crippen LogP contribution is 2.47. The van der Waals surface area contributed by atoms with Crippen molar-refractivity contribution in [3.8, 4) is 23.0 Å². The highest BCUT2D eigenvalue weighted by Gasteiger charge is 2.49. The summed E-state index contributed by atoms with van der Waals surface area (Å²) >= 11 is 0. The molecule has 0 radical (unpaired) electrons. The molecule has 8 aromatic carbocycles. The van der Waals surface area contributed by atoms with Gasteiger partial charge in [-0.15, -0.1) is 0 Å². The first-order valence-electron chi connectivity index (χ1n) is 25.9. The van der Waals surface area contributed by atoms with E-state index in [1.807, 2.05) is 196 Å². The first kappa shape index (κ1) is 53.6. The van der Waals surface area contributed by atoms with Crippen LogP contribution in [0.15, 0.2) is 182 Å². The lowest BCUT2D eigenvalue weighted by Crippen LogP contribution is -2.58. The number of amides is 2. The maximum Gasteiger partial charge on any atom is 0.235 e. The van der Waals surface area contributed by atoms with Gasteiger partial charge < -0.3 is 39.8 Å². The molecule has 0 bridgehead atoms. The highest BCUT2D eigenvalue weighted by atomic mass is 16.5. The highest BCUT2D eigenvalue weighted by molar-refractivity contribution is 6.05. The summed E-state index contributed by atoms with van der Waals surface area (Å²) in [5.41, 5.74) is -0.544. The first-order valence-corrected chi connectivity index (χ1v) is 25.9. The van der Waals surface area contributed by atoms with Gasteiger partial charge in [-0.3, -0.25) is 9.59 Å². The van der Waals surface area contributed by atoms with Crippen molar-refractivity contribution >= 4 is 33.4 Å². The van der Waals surface area contributed by atoms with Crippen molar-refractivity contribution in [1.82, 2.24) is 10.6 Å². The lowest BCUT2D eigenvalue weighted by atomic mass is 9.71. The SMILES string of the molecule is CCCC(CCC)(C(=O)NCC(O)(Cc1ccccc1OC)C(c1ccccc1OC)c1cccc2ccccc12)C(=O)NCC(O)(Cc1ccccc1OC)C(c1ccccc1OC)c1cccc2ccccc12. The predicted molar refractivity (Wildman–Crippen MR) is 299 cm³/mol. The fourth-order valence-electron chi connectivity index (χ4n) is 11.5. The molecular formula is C65H70N2O8. The van der Waals surface area contributed by atoms with E-state index in [-0.39, 0.29) is 38.8 Å². The van der Waals surface area contributed by atoms with Gasteiger partial charge in [0.15, 0.2) is 0 Å². The van der Waals surface area contributed by atoms with Crippen LogP contribution in [0, 0.1) is 5.41 Å². The van der Waals surface area contributed by atoms with Crippen LogP contribution >= 0.6 is 0 Å². The van der Waals surface area contributed by atoms with Gasteiger partial charge in [-0.1, -0.05) is 184 Å². The van der Waals surface area contributed by atoms with Crippen molar-refractivity contribution in [2.24, 2.45) is 5.41 Å². The van der Waals surface area contributed by atoms with E-state index in [0.29, 0.717) is 35.8 Å². The maximum absolute atomic E-state index is 15.6. The molecule has 0 fully saturated rings. The minimum absolute atomic E-state index is 0.0540. The average molecular weight is 1010 g/mol. The number of carbonyl (C=O) groups excluding carboxylic acids is 2. The van der Waals surface area contributed by atoms with E-state index in [4.69, 9.17) is 18.9 Å². The number of hydrogen-bond acceptors (Lipinski definition) is 8. The molecule has 8 aromatic rings. The molecule has 0 aliphatic heterocycles. The van der Waals surface area contributed by atoms with Crippen molar-refractivity contribution in [2.45, 2.75) is 75.4 Å². The summed E-state index contributed by atoms with van der Waals surface area (Å²) in [6, 6.07) is 58.6. The molecule has 75 heavy (non-hydrogen) atoms. The second kappa shape index (κ2) is 24.1. The van der Waals surface area contributed by atoms with E-state index in [9.17, 15) is 10.2 Å². The van der Waals surface area contributed by atoms with Crippen LogP contribution in [0.1, 0.15) is 84.7 Å². The molecule has 0 aliphatic rings. The molecule has 0 saturated heterocycles. The maximum atomic E-state index is 15.6. The molecule has 2 amide bonds. The summed E-state index contributed by atoms with van der Waals surface area (Å²) in [7, 11) is 6.42. The topological polar surface area (TPSA) is 136 Å². The van der Waals surface area contributed by atoms with Gasteiger partial charge >= 0.3 is 0 Å². The molecule has 388 valence electrons. The Morgan fingerprint density at radius 1 is 0.427 bits per heavy atom. The molecule has 10 heteroatoms. The third kappa shape index (κ3) is 11.2. The zero-order valence-corrected chi connectivity index (χ0v) is 44.0. The van der Waals surface area contributed by atoms with Crippen LogP contribution < -0.4 is 29.6 Å². The summed E-state index contributed by atoms with van der Waals surface area (Å²) in [6.45, 7) is 3.40. The van der Waals surface area contributed by atoms with Crippen molar-refractivity contribution in [1.29, 1.82) is 0 Å². The van der Waals surface area contributed by atoms with E-state index < -0.39 is 40.3 Å². The van der Waals surface area contributed by atoms with Gasteiger partial charge in [0, 0.05) is 48.9 Å². The summed E-state index contributed by atoms with van der Waals surface area (Å²) in [5, 5.41) is 38.0. The van der Waals surface area contributed by atoms with Gasteiger partial charge in [0.05, 0.1) is 39.6 Å². The Kier molecular flexibility index (Phi) is 17.3. The normalized spacial score (nSPS) is 14.0. The molecule has 0 saturated carbocycles. The number of nitrogens with one attached hydrogen (secondary N) is 2. The van der Waals surface area contributed by atoms with Gasteiger partial charge in [-0.2, -0.15) is 0 Å². The largest absolute Gasteiger partial charge is 0.496 e. The summed E-state index contributed by atoms with van der Waals surface area (Å²) in [4.78, 5) is 31.2. The van der Waals surface area contributed by atoms with Crippen molar-refractivity contribution < 1.29 is 38.7 Å². The van der Waals surface area contributed by atoms with Crippen LogP contribution in [-0.2, 0) is 22.4 Å². The Bertz CT molecular complexity index is 3000. The molecule has 4 unspecified atom stereocenters. The fraction of sp³-hybridized carbons (Fsp3) is 0.292. The molecule has 8 rings (SSSR count). The second-order valence-corrected chi connectivity index (χ2v) is 19.6. The van der Waals surface area contributed by atoms with Gasteiger partial charge in [-0.05, 0) is 80.9 Å². The quantitative estimate of drug-likeness (QED) is 0.0440. The Balaban J connectivity index is 1.23. The molecular weight excluding hydrogens is 937 g/mol. The second-order valence-electron chi connectivity index (χ2n) is 19.6. The Morgan fingerprint density at radius 3 is 1.13 bits per heavy atom. The summed E-state index contributed by atoms with van der Waals surface area (Å²) < 4.78 is 23.8. The smallest absolute Gasteiger partial charge is 0.235 e. The Hall–Kier alpha value is -7.66. The van der Waals surface area contributed by atoms with Crippen molar-refractivity contribution in [3.63, 3.8) is 0 Å². The number of hydrogen-bond donors (Lipinski definition) is 4. The Morgan fingerprint density at radius 2 is 0.747 bits per heavy atom. The molecule has 0 spiro atoms. The minimum Gasteiger partial charge on any atom is -0.496 e. The number of benzene rings is 8. The molecule has 0 heterocycles. The number of methoxy groups -OCH3 is 4. The van der Waals surface area contributed by atoms with Crippen LogP contribution in [0.25, 0.3) is 21.5 Å². The fourth-order valence-corrected chi connectivity index (χ4v) is 11.5. The minimum atomic E-state index is -1.75. The zero-order chi connectivity index (χ0) is 53.0. The number of ether oxygens (including phenoxy) is 4. The van der Waals surface area contributed by atoms with Gasteiger partial charge in [-0.25, -0.2) is 0 Å². The summed E-state index contributed by atoms with van der Waals surface area (Å²) in [6.07, 6.45) is 1.51. The van der Waals surface area contributed by atoms with Crippen LogP contribution in [0.5, 0.6) is 23.0 Å². The third-order valence-corrected chi connectivity index (χ3v) is 15.0. The van der Waals surface area contributed by atoms with E-state index in [2.05, 4.69) is 10.6 Å². The van der Waals surface area contributed by atoms with Gasteiger partial charge in [0.25, 0.3) is 0 Å². The number of rotatable bonds is 24. The van der Waals surface area contributed by atoms with Crippen molar-refractivity contribution in [2.75, 3.05) is 41.5 Å². The lowest BCUT2D eigenvalue weighted by Gasteiger charge is -2.41. The van der Waals surface area contributed by atoms with Crippen LogP contribution in [-0.4, -0.2) is 74.8 Å². The lowest BCUT2D eigenvalue weighted by molar-refractivity contribution is -0.146. The van der Waals surface area contributed by atoms with E-state index in [1.54, 1.807) is 28.4 Å². The predicted octanol–water partition coefficient (Wildman–Crippen LogP) is 11.8. The molecule has 4 atom stereocenters. The van der Waals surface area contributed by atoms with Crippen LogP contribution in [0.4, 0.5) is 0 Å². The first-order chi connectivity index (χ1) is 36.5.